The van der Waals surface area contributed by atoms with Crippen molar-refractivity contribution >= 4 is 16.7 Å². The molecule has 6 nitrogen and oxygen atoms in total. The van der Waals surface area contributed by atoms with E-state index in [-0.39, 0.29) is 5.78 Å². The van der Waals surface area contributed by atoms with E-state index < -0.39 is 0 Å². The molecule has 5 rings (SSSR count). The van der Waals surface area contributed by atoms with E-state index in [4.69, 9.17) is 4.74 Å². The molecule has 4 aromatic rings. The molecule has 2 aromatic heterocycles. The molecule has 0 bridgehead atoms. The first-order valence-electron chi connectivity index (χ1n) is 11.9. The quantitative estimate of drug-likeness (QED) is 0.271. The van der Waals surface area contributed by atoms with Crippen molar-refractivity contribution in [3.8, 4) is 11.4 Å². The number of aromatic nitrogens is 3. The van der Waals surface area contributed by atoms with E-state index in [0.717, 1.165) is 37.3 Å². The van der Waals surface area contributed by atoms with Crippen LogP contribution in [-0.4, -0.2) is 44.5 Å². The molecule has 174 valence electrons. The maximum atomic E-state index is 12.9. The van der Waals surface area contributed by atoms with Gasteiger partial charge in [-0.3, -0.25) is 4.79 Å². The van der Waals surface area contributed by atoms with Gasteiger partial charge in [-0.15, -0.1) is 0 Å². The molecule has 0 aliphatic carbocycles. The number of carbonyl (C=O) groups is 1. The average Bonchev–Trinajstić information content (AvgIpc) is 3.49. The number of fused-ring (bicyclic) bond motifs is 1. The number of imidazole rings is 1. The maximum absolute atomic E-state index is 12.9. The molecular formula is C28H30N4O2. The normalized spacial score (nSPS) is 14.8. The second-order valence-electron chi connectivity index (χ2n) is 8.77. The Kier molecular flexibility index (Phi) is 6.21. The van der Waals surface area contributed by atoms with Gasteiger partial charge in [0.2, 0.25) is 0 Å². The summed E-state index contributed by atoms with van der Waals surface area (Å²) in [6.45, 7) is 6.29. The Hall–Kier alpha value is -3.80. The summed E-state index contributed by atoms with van der Waals surface area (Å²) in [5.74, 6) is 0.659. The molecule has 0 unspecified atom stereocenters. The van der Waals surface area contributed by atoms with Crippen LogP contribution in [0.25, 0.3) is 16.6 Å². The molecule has 34 heavy (non-hydrogen) atoms. The van der Waals surface area contributed by atoms with Gasteiger partial charge in [-0.1, -0.05) is 18.2 Å². The van der Waals surface area contributed by atoms with Crippen LogP contribution < -0.4 is 4.74 Å². The van der Waals surface area contributed by atoms with Crippen LogP contribution in [0.1, 0.15) is 41.9 Å². The smallest absolute Gasteiger partial charge is 0.187 e. The van der Waals surface area contributed by atoms with E-state index in [1.54, 1.807) is 12.4 Å². The van der Waals surface area contributed by atoms with Crippen molar-refractivity contribution < 1.29 is 9.53 Å². The fourth-order valence-corrected chi connectivity index (χ4v) is 4.71. The molecular weight excluding hydrogens is 424 g/mol. The van der Waals surface area contributed by atoms with Crippen molar-refractivity contribution in [3.63, 3.8) is 0 Å². The fraction of sp³-hybridized carbons (Fsp3) is 0.286. The number of aryl methyl sites for hydroxylation is 1. The van der Waals surface area contributed by atoms with E-state index in [1.807, 2.05) is 49.0 Å². The molecule has 0 radical (unpaired) electrons. The summed E-state index contributed by atoms with van der Waals surface area (Å²) in [7, 11) is 0. The first kappa shape index (κ1) is 22.0. The molecule has 0 spiro atoms. The third-order valence-electron chi connectivity index (χ3n) is 6.49. The molecule has 0 atom stereocenters. The van der Waals surface area contributed by atoms with Gasteiger partial charge in [0, 0.05) is 54.9 Å². The minimum Gasteiger partial charge on any atom is -0.492 e. The molecule has 0 N–H and O–H groups in total. The number of likely N-dealkylation sites (tertiary alicyclic amines) is 1. The molecule has 6 heteroatoms. The molecule has 0 amide bonds. The second-order valence-corrected chi connectivity index (χ2v) is 8.77. The predicted octanol–water partition coefficient (Wildman–Crippen LogP) is 5.57. The number of ketones is 1. The molecule has 1 fully saturated rings. The molecule has 0 saturated carbocycles. The van der Waals surface area contributed by atoms with E-state index >= 15 is 0 Å². The fourth-order valence-electron chi connectivity index (χ4n) is 4.71. The number of piperidine rings is 1. The Labute approximate surface area is 200 Å². The molecule has 1 aliphatic rings. The van der Waals surface area contributed by atoms with E-state index in [1.165, 1.54) is 10.9 Å². The van der Waals surface area contributed by atoms with Gasteiger partial charge in [-0.05, 0) is 62.4 Å². The van der Waals surface area contributed by atoms with Crippen LogP contribution in [0, 0.1) is 6.92 Å². The lowest BCUT2D eigenvalue weighted by Crippen LogP contribution is -2.30. The Morgan fingerprint density at radius 1 is 1.15 bits per heavy atom. The lowest BCUT2D eigenvalue weighted by atomic mass is 10.0. The van der Waals surface area contributed by atoms with Crippen molar-refractivity contribution in [2.24, 2.45) is 0 Å². The summed E-state index contributed by atoms with van der Waals surface area (Å²) in [6.07, 6.45) is 11.6. The van der Waals surface area contributed by atoms with Crippen LogP contribution in [0.2, 0.25) is 0 Å². The first-order chi connectivity index (χ1) is 16.6. The zero-order chi connectivity index (χ0) is 23.5. The lowest BCUT2D eigenvalue weighted by molar-refractivity contribution is 0.104. The number of benzene rings is 2. The van der Waals surface area contributed by atoms with E-state index in [2.05, 4.69) is 51.0 Å². The average molecular weight is 455 g/mol. The van der Waals surface area contributed by atoms with Crippen molar-refractivity contribution in [2.45, 2.75) is 32.7 Å². The number of para-hydroxylation sites is 1. The second kappa shape index (κ2) is 9.59. The standard InChI is InChI=1S/C28H30N4O2/c1-3-34-28-18-23(8-9-26(28)31-19-21(2)29-20-31)27(33)13-16-30-14-11-24(12-15-30)32-17-10-22-6-4-5-7-25(22)32/h4-10,13,16-20,24H,3,11-12,14-15H2,1-2H3. The highest BCUT2D eigenvalue weighted by molar-refractivity contribution is 6.04. The number of ether oxygens (including phenoxy) is 1. The van der Waals surface area contributed by atoms with Crippen LogP contribution in [0.5, 0.6) is 5.75 Å². The van der Waals surface area contributed by atoms with Gasteiger partial charge in [0.25, 0.3) is 0 Å². The third-order valence-corrected chi connectivity index (χ3v) is 6.49. The Morgan fingerprint density at radius 2 is 1.97 bits per heavy atom. The number of allylic oxidation sites excluding steroid dienone is 1. The predicted molar refractivity (Wildman–Crippen MR) is 135 cm³/mol. The largest absolute Gasteiger partial charge is 0.492 e. The number of rotatable bonds is 7. The lowest BCUT2D eigenvalue weighted by Gasteiger charge is -2.32. The SMILES string of the molecule is CCOc1cc(C(=O)C=CN2CCC(n3ccc4ccccc43)CC2)ccc1-n1cnc(C)c1. The van der Waals surface area contributed by atoms with Crippen molar-refractivity contribution in [2.75, 3.05) is 19.7 Å². The first-order valence-corrected chi connectivity index (χ1v) is 11.9. The maximum Gasteiger partial charge on any atom is 0.187 e. The van der Waals surface area contributed by atoms with Crippen molar-refractivity contribution in [1.29, 1.82) is 0 Å². The van der Waals surface area contributed by atoms with Crippen LogP contribution in [0.4, 0.5) is 0 Å². The van der Waals surface area contributed by atoms with Gasteiger partial charge < -0.3 is 18.8 Å². The van der Waals surface area contributed by atoms with Crippen molar-refractivity contribution in [3.05, 3.63) is 90.8 Å². The monoisotopic (exact) mass is 454 g/mol. The van der Waals surface area contributed by atoms with Gasteiger partial charge in [0.05, 0.1) is 24.3 Å². The summed E-state index contributed by atoms with van der Waals surface area (Å²) < 4.78 is 10.1. The summed E-state index contributed by atoms with van der Waals surface area (Å²) in [4.78, 5) is 19.4. The summed E-state index contributed by atoms with van der Waals surface area (Å²) in [6, 6.07) is 16.8. The van der Waals surface area contributed by atoms with Gasteiger partial charge in [-0.2, -0.15) is 0 Å². The Bertz CT molecular complexity index is 1330. The van der Waals surface area contributed by atoms with Crippen molar-refractivity contribution in [1.82, 2.24) is 19.0 Å². The summed E-state index contributed by atoms with van der Waals surface area (Å²) in [5.41, 5.74) is 3.72. The van der Waals surface area contributed by atoms with Crippen LogP contribution in [0.3, 0.4) is 0 Å². The number of nitrogens with zero attached hydrogens (tertiary/aromatic N) is 4. The Morgan fingerprint density at radius 3 is 2.74 bits per heavy atom. The number of carbonyl (C=O) groups excluding carboxylic acids is 1. The van der Waals surface area contributed by atoms with Gasteiger partial charge in [0.15, 0.2) is 5.78 Å². The van der Waals surface area contributed by atoms with Gasteiger partial charge in [-0.25, -0.2) is 4.98 Å². The molecule has 1 aliphatic heterocycles. The zero-order valence-electron chi connectivity index (χ0n) is 19.7. The van der Waals surface area contributed by atoms with E-state index in [0.29, 0.717) is 24.0 Å². The number of hydrogen-bond acceptors (Lipinski definition) is 4. The Balaban J connectivity index is 1.24. The highest BCUT2D eigenvalue weighted by atomic mass is 16.5. The van der Waals surface area contributed by atoms with E-state index in [9.17, 15) is 4.79 Å². The molecule has 1 saturated heterocycles. The zero-order valence-corrected chi connectivity index (χ0v) is 19.7. The topological polar surface area (TPSA) is 52.3 Å². The number of hydrogen-bond donors (Lipinski definition) is 0. The summed E-state index contributed by atoms with van der Waals surface area (Å²) in [5, 5.41) is 1.29. The third kappa shape index (κ3) is 4.49. The minimum atomic E-state index is -0.0205. The highest BCUT2D eigenvalue weighted by Gasteiger charge is 2.20. The van der Waals surface area contributed by atoms with Crippen LogP contribution in [0.15, 0.2) is 79.5 Å². The summed E-state index contributed by atoms with van der Waals surface area (Å²) >= 11 is 0. The molecule has 2 aromatic carbocycles. The van der Waals surface area contributed by atoms with Gasteiger partial charge >= 0.3 is 0 Å². The highest BCUT2D eigenvalue weighted by Crippen LogP contribution is 2.28. The minimum absolute atomic E-state index is 0.0205. The van der Waals surface area contributed by atoms with Gasteiger partial charge in [0.1, 0.15) is 5.75 Å². The van der Waals surface area contributed by atoms with Crippen LogP contribution in [-0.2, 0) is 0 Å². The molecule has 3 heterocycles. The van der Waals surface area contributed by atoms with Crippen LogP contribution >= 0.6 is 0 Å².